The number of amides is 1. The van der Waals surface area contributed by atoms with E-state index in [-0.39, 0.29) is 12.5 Å². The summed E-state index contributed by atoms with van der Waals surface area (Å²) in [6.45, 7) is 1.44. The molecule has 7 heteroatoms. The van der Waals surface area contributed by atoms with Crippen LogP contribution in [0.5, 0.6) is 0 Å². The Kier molecular flexibility index (Phi) is 5.05. The maximum absolute atomic E-state index is 12.1. The number of carbonyl (C=O) groups is 1. The van der Waals surface area contributed by atoms with Gasteiger partial charge in [0, 0.05) is 24.4 Å². The summed E-state index contributed by atoms with van der Waals surface area (Å²) in [6.07, 6.45) is 3.55. The molecule has 0 radical (unpaired) electrons. The Labute approximate surface area is 115 Å². The number of aromatic nitrogens is 3. The maximum Gasteiger partial charge on any atom is 0.224 e. The van der Waals surface area contributed by atoms with Crippen LogP contribution in [-0.4, -0.2) is 43.8 Å². The minimum Gasteiger partial charge on any atom is -0.395 e. The first-order valence-corrected chi connectivity index (χ1v) is 6.91. The van der Waals surface area contributed by atoms with Crippen LogP contribution in [0.2, 0.25) is 0 Å². The lowest BCUT2D eigenvalue weighted by Gasteiger charge is -2.21. The normalized spacial score (nSPS) is 10.6. The second-order valence-electron chi connectivity index (χ2n) is 4.07. The number of aliphatic hydroxyl groups excluding tert-OH is 1. The Morgan fingerprint density at radius 3 is 2.84 bits per heavy atom. The van der Waals surface area contributed by atoms with Gasteiger partial charge < -0.3 is 14.6 Å². The molecule has 2 aromatic rings. The molecule has 0 aliphatic heterocycles. The van der Waals surface area contributed by atoms with Crippen LogP contribution >= 0.6 is 11.3 Å². The fraction of sp³-hybridized carbons (Fsp3) is 0.417. The van der Waals surface area contributed by atoms with Gasteiger partial charge in [-0.3, -0.25) is 4.79 Å². The van der Waals surface area contributed by atoms with Gasteiger partial charge in [-0.2, -0.15) is 0 Å². The minimum atomic E-state index is -0.0241. The molecule has 0 fully saturated rings. The van der Waals surface area contributed by atoms with E-state index in [2.05, 4.69) is 10.2 Å². The zero-order valence-corrected chi connectivity index (χ0v) is 11.3. The van der Waals surface area contributed by atoms with Crippen LogP contribution in [0.3, 0.4) is 0 Å². The summed E-state index contributed by atoms with van der Waals surface area (Å²) in [5, 5.41) is 18.4. The molecule has 1 N–H and O–H groups in total. The van der Waals surface area contributed by atoms with E-state index < -0.39 is 0 Å². The molecule has 0 saturated heterocycles. The number of rotatable bonds is 7. The molecule has 19 heavy (non-hydrogen) atoms. The van der Waals surface area contributed by atoms with E-state index in [0.717, 1.165) is 4.88 Å². The number of nitrogens with zero attached hydrogens (tertiary/aromatic N) is 4. The molecule has 2 heterocycles. The van der Waals surface area contributed by atoms with Gasteiger partial charge in [0.2, 0.25) is 5.91 Å². The molecule has 6 nitrogen and oxygen atoms in total. The molecule has 2 aromatic heterocycles. The average molecular weight is 280 g/mol. The van der Waals surface area contributed by atoms with Gasteiger partial charge in [0.1, 0.15) is 12.7 Å². The summed E-state index contributed by atoms with van der Waals surface area (Å²) >= 11 is 1.61. The molecule has 0 spiro atoms. The maximum atomic E-state index is 12.1. The van der Waals surface area contributed by atoms with Crippen LogP contribution in [0.4, 0.5) is 0 Å². The van der Waals surface area contributed by atoms with Crippen molar-refractivity contribution in [1.29, 1.82) is 0 Å². The van der Waals surface area contributed by atoms with Crippen molar-refractivity contribution >= 4 is 17.2 Å². The van der Waals surface area contributed by atoms with Gasteiger partial charge in [0.25, 0.3) is 0 Å². The third-order valence-electron chi connectivity index (χ3n) is 2.70. The first-order chi connectivity index (χ1) is 9.29. The topological polar surface area (TPSA) is 71.2 Å². The van der Waals surface area contributed by atoms with Gasteiger partial charge in [-0.05, 0) is 11.4 Å². The standard InChI is InChI=1S/C12H16N4O2S/c17-6-5-16(8-11-2-1-7-19-11)12(18)3-4-15-9-13-14-10-15/h1-2,7,9-10,17H,3-6,8H2. The zero-order valence-electron chi connectivity index (χ0n) is 10.5. The third-order valence-corrected chi connectivity index (χ3v) is 3.56. The van der Waals surface area contributed by atoms with Gasteiger partial charge in [-0.1, -0.05) is 6.07 Å². The highest BCUT2D eigenvalue weighted by Crippen LogP contribution is 2.12. The highest BCUT2D eigenvalue weighted by Gasteiger charge is 2.13. The molecule has 0 saturated carbocycles. The van der Waals surface area contributed by atoms with E-state index in [9.17, 15) is 4.79 Å². The average Bonchev–Trinajstić information content (AvgIpc) is 3.08. The SMILES string of the molecule is O=C(CCn1cnnc1)N(CCO)Cc1cccs1. The van der Waals surface area contributed by atoms with Crippen LogP contribution < -0.4 is 0 Å². The van der Waals surface area contributed by atoms with Crippen LogP contribution in [0, 0.1) is 0 Å². The molecule has 2 rings (SSSR count). The summed E-state index contributed by atoms with van der Waals surface area (Å²) in [6, 6.07) is 3.95. The van der Waals surface area contributed by atoms with Gasteiger partial charge in [0.15, 0.2) is 0 Å². The summed E-state index contributed by atoms with van der Waals surface area (Å²) in [5.74, 6) is 0.0242. The van der Waals surface area contributed by atoms with Gasteiger partial charge in [-0.15, -0.1) is 21.5 Å². The van der Waals surface area contributed by atoms with Crippen molar-refractivity contribution in [3.05, 3.63) is 35.0 Å². The lowest BCUT2D eigenvalue weighted by atomic mass is 10.3. The number of hydrogen-bond acceptors (Lipinski definition) is 5. The molecule has 0 atom stereocenters. The number of aliphatic hydroxyl groups is 1. The summed E-state index contributed by atoms with van der Waals surface area (Å²) in [5.41, 5.74) is 0. The second kappa shape index (κ2) is 7.01. The minimum absolute atomic E-state index is 0.0241. The molecular weight excluding hydrogens is 264 g/mol. The van der Waals surface area contributed by atoms with Crippen molar-refractivity contribution in [3.63, 3.8) is 0 Å². The summed E-state index contributed by atoms with van der Waals surface area (Å²) in [4.78, 5) is 14.9. The van der Waals surface area contributed by atoms with Crippen LogP contribution in [0.15, 0.2) is 30.2 Å². The van der Waals surface area contributed by atoms with E-state index in [1.165, 1.54) is 0 Å². The Bertz CT molecular complexity index is 484. The van der Waals surface area contributed by atoms with Crippen molar-refractivity contribution in [2.45, 2.75) is 19.5 Å². The number of hydrogen-bond donors (Lipinski definition) is 1. The van der Waals surface area contributed by atoms with Crippen LogP contribution in [-0.2, 0) is 17.9 Å². The van der Waals surface area contributed by atoms with Crippen molar-refractivity contribution in [1.82, 2.24) is 19.7 Å². The van der Waals surface area contributed by atoms with Gasteiger partial charge in [-0.25, -0.2) is 0 Å². The molecule has 0 aliphatic carbocycles. The quantitative estimate of drug-likeness (QED) is 0.812. The molecular formula is C12H16N4O2S. The number of thiophene rings is 1. The molecule has 0 bridgehead atoms. The van der Waals surface area contributed by atoms with Crippen molar-refractivity contribution < 1.29 is 9.90 Å². The number of aryl methyl sites for hydroxylation is 1. The molecule has 1 amide bonds. The largest absolute Gasteiger partial charge is 0.395 e. The van der Waals surface area contributed by atoms with E-state index in [4.69, 9.17) is 5.11 Å². The zero-order chi connectivity index (χ0) is 13.5. The van der Waals surface area contributed by atoms with Crippen molar-refractivity contribution in [2.24, 2.45) is 0 Å². The monoisotopic (exact) mass is 280 g/mol. The van der Waals surface area contributed by atoms with E-state index in [1.54, 1.807) is 33.5 Å². The number of carbonyl (C=O) groups excluding carboxylic acids is 1. The van der Waals surface area contributed by atoms with Crippen LogP contribution in [0.1, 0.15) is 11.3 Å². The highest BCUT2D eigenvalue weighted by atomic mass is 32.1. The Morgan fingerprint density at radius 2 is 2.21 bits per heavy atom. The lowest BCUT2D eigenvalue weighted by molar-refractivity contribution is -0.132. The van der Waals surface area contributed by atoms with E-state index in [0.29, 0.717) is 26.1 Å². The molecule has 0 unspecified atom stereocenters. The summed E-state index contributed by atoms with van der Waals surface area (Å²) in [7, 11) is 0. The second-order valence-corrected chi connectivity index (χ2v) is 5.10. The van der Waals surface area contributed by atoms with E-state index >= 15 is 0 Å². The lowest BCUT2D eigenvalue weighted by Crippen LogP contribution is -2.33. The van der Waals surface area contributed by atoms with Crippen LogP contribution in [0.25, 0.3) is 0 Å². The Morgan fingerprint density at radius 1 is 1.42 bits per heavy atom. The Balaban J connectivity index is 1.88. The molecule has 0 aromatic carbocycles. The predicted octanol–water partition coefficient (Wildman–Crippen LogP) is 0.751. The fourth-order valence-electron chi connectivity index (χ4n) is 1.72. The smallest absolute Gasteiger partial charge is 0.224 e. The van der Waals surface area contributed by atoms with Gasteiger partial charge in [0.05, 0.1) is 13.2 Å². The highest BCUT2D eigenvalue weighted by molar-refractivity contribution is 7.09. The Hall–Kier alpha value is -1.73. The molecule has 102 valence electrons. The first kappa shape index (κ1) is 13.7. The van der Waals surface area contributed by atoms with E-state index in [1.807, 2.05) is 17.5 Å². The predicted molar refractivity (Wildman–Crippen MR) is 71.5 cm³/mol. The first-order valence-electron chi connectivity index (χ1n) is 6.03. The third kappa shape index (κ3) is 4.15. The van der Waals surface area contributed by atoms with Gasteiger partial charge >= 0.3 is 0 Å². The van der Waals surface area contributed by atoms with Crippen molar-refractivity contribution in [3.8, 4) is 0 Å². The summed E-state index contributed by atoms with van der Waals surface area (Å²) < 4.78 is 1.76. The van der Waals surface area contributed by atoms with Crippen molar-refractivity contribution in [2.75, 3.05) is 13.2 Å². The molecule has 0 aliphatic rings. The fourth-order valence-corrected chi connectivity index (χ4v) is 2.44.